The van der Waals surface area contributed by atoms with Gasteiger partial charge in [0.1, 0.15) is 5.82 Å². The Labute approximate surface area is 110 Å². The third kappa shape index (κ3) is 3.36. The molecule has 102 valence electrons. The molecule has 0 amide bonds. The second kappa shape index (κ2) is 5.89. The summed E-state index contributed by atoms with van der Waals surface area (Å²) in [6, 6.07) is 1.34. The molecule has 1 heterocycles. The van der Waals surface area contributed by atoms with Gasteiger partial charge in [0.05, 0.1) is 5.69 Å². The predicted octanol–water partition coefficient (Wildman–Crippen LogP) is 3.39. The van der Waals surface area contributed by atoms with Gasteiger partial charge in [-0.25, -0.2) is 13.2 Å². The average Bonchev–Trinajstić information content (AvgIpc) is 2.29. The summed E-state index contributed by atoms with van der Waals surface area (Å²) in [5.41, 5.74) is 6.30. The largest absolute Gasteiger partial charge is 0.326 e. The molecule has 0 saturated heterocycles. The highest BCUT2D eigenvalue weighted by molar-refractivity contribution is 5.85. The molecule has 2 nitrogen and oxygen atoms in total. The highest BCUT2D eigenvalue weighted by Gasteiger charge is 2.36. The van der Waals surface area contributed by atoms with Gasteiger partial charge in [-0.3, -0.25) is 4.98 Å². The summed E-state index contributed by atoms with van der Waals surface area (Å²) in [5, 5.41) is 0. The summed E-state index contributed by atoms with van der Waals surface area (Å²) in [4.78, 5) is 4.02. The Morgan fingerprint density at radius 3 is 2.44 bits per heavy atom. The first-order valence-electron chi connectivity index (χ1n) is 5.74. The monoisotopic (exact) mass is 280 g/mol. The van der Waals surface area contributed by atoms with E-state index in [1.165, 1.54) is 12.3 Å². The molecular formula is C12H16ClF3N2. The van der Waals surface area contributed by atoms with Crippen molar-refractivity contribution in [2.75, 3.05) is 0 Å². The fourth-order valence-corrected chi connectivity index (χ4v) is 2.21. The first-order chi connectivity index (χ1) is 8.02. The lowest BCUT2D eigenvalue weighted by molar-refractivity contribution is -0.0387. The van der Waals surface area contributed by atoms with Crippen molar-refractivity contribution in [3.63, 3.8) is 0 Å². The Hall–Kier alpha value is -0.810. The number of hydrogen-bond acceptors (Lipinski definition) is 2. The molecule has 6 heteroatoms. The normalized spacial score (nSPS) is 19.3. The maximum atomic E-state index is 13.7. The van der Waals surface area contributed by atoms with Gasteiger partial charge >= 0.3 is 0 Å². The number of nitrogens with zero attached hydrogens (tertiary/aromatic N) is 1. The van der Waals surface area contributed by atoms with Crippen LogP contribution in [0.2, 0.25) is 0 Å². The van der Waals surface area contributed by atoms with Crippen LogP contribution >= 0.6 is 12.4 Å². The lowest BCUT2D eigenvalue weighted by atomic mass is 9.84. The van der Waals surface area contributed by atoms with E-state index in [4.69, 9.17) is 5.73 Å². The van der Waals surface area contributed by atoms with Crippen molar-refractivity contribution in [2.45, 2.75) is 44.1 Å². The van der Waals surface area contributed by atoms with Crippen molar-refractivity contribution < 1.29 is 13.2 Å². The lowest BCUT2D eigenvalue weighted by Gasteiger charge is -2.28. The van der Waals surface area contributed by atoms with Crippen LogP contribution in [-0.4, -0.2) is 10.9 Å². The number of rotatable bonds is 2. The first kappa shape index (κ1) is 15.2. The molecule has 0 spiro atoms. The van der Waals surface area contributed by atoms with Crippen LogP contribution in [0.15, 0.2) is 12.3 Å². The third-order valence-corrected chi connectivity index (χ3v) is 3.27. The van der Waals surface area contributed by atoms with E-state index >= 15 is 0 Å². The third-order valence-electron chi connectivity index (χ3n) is 3.27. The van der Waals surface area contributed by atoms with Crippen LogP contribution in [0, 0.1) is 5.82 Å². The van der Waals surface area contributed by atoms with E-state index in [2.05, 4.69) is 4.98 Å². The van der Waals surface area contributed by atoms with Gasteiger partial charge in [0.25, 0.3) is 0 Å². The molecule has 18 heavy (non-hydrogen) atoms. The second-order valence-corrected chi connectivity index (χ2v) is 4.54. The topological polar surface area (TPSA) is 38.9 Å². The van der Waals surface area contributed by atoms with Gasteiger partial charge < -0.3 is 5.73 Å². The second-order valence-electron chi connectivity index (χ2n) is 4.54. The van der Waals surface area contributed by atoms with E-state index in [0.29, 0.717) is 24.1 Å². The van der Waals surface area contributed by atoms with Crippen LogP contribution in [0.4, 0.5) is 13.2 Å². The molecule has 1 saturated carbocycles. The fraction of sp³-hybridized carbons (Fsp3) is 0.583. The van der Waals surface area contributed by atoms with Crippen molar-refractivity contribution in [3.05, 3.63) is 29.3 Å². The minimum atomic E-state index is -2.59. The van der Waals surface area contributed by atoms with E-state index in [1.54, 1.807) is 0 Å². The smallest absolute Gasteiger partial charge is 0.248 e. The summed E-state index contributed by atoms with van der Waals surface area (Å²) in [6.07, 6.45) is 1.73. The summed E-state index contributed by atoms with van der Waals surface area (Å²) >= 11 is 0. The number of hydrogen-bond donors (Lipinski definition) is 1. The van der Waals surface area contributed by atoms with Crippen LogP contribution in [-0.2, 0) is 6.54 Å². The van der Waals surface area contributed by atoms with Crippen molar-refractivity contribution in [2.24, 2.45) is 5.73 Å². The Morgan fingerprint density at radius 1 is 1.33 bits per heavy atom. The molecule has 0 aromatic carbocycles. The lowest BCUT2D eigenvalue weighted by Crippen LogP contribution is -2.24. The molecule has 2 rings (SSSR count). The fourth-order valence-electron chi connectivity index (χ4n) is 2.21. The number of halogens is 4. The van der Waals surface area contributed by atoms with E-state index in [-0.39, 0.29) is 37.7 Å². The van der Waals surface area contributed by atoms with E-state index < -0.39 is 11.7 Å². The SMILES string of the molecule is Cl.NCc1cnc(C2CCC(F)(F)CC2)c(F)c1. The Bertz CT molecular complexity index is 402. The van der Waals surface area contributed by atoms with Crippen LogP contribution in [0.25, 0.3) is 0 Å². The van der Waals surface area contributed by atoms with Crippen molar-refractivity contribution in [3.8, 4) is 0 Å². The molecule has 1 aromatic heterocycles. The average molecular weight is 281 g/mol. The minimum absolute atomic E-state index is 0. The highest BCUT2D eigenvalue weighted by Crippen LogP contribution is 2.40. The van der Waals surface area contributed by atoms with Gasteiger partial charge in [-0.15, -0.1) is 12.4 Å². The van der Waals surface area contributed by atoms with E-state index in [0.717, 1.165) is 0 Å². The van der Waals surface area contributed by atoms with Gasteiger partial charge in [-0.2, -0.15) is 0 Å². The molecule has 1 aromatic rings. The van der Waals surface area contributed by atoms with Crippen LogP contribution in [0.1, 0.15) is 42.9 Å². The molecule has 2 N–H and O–H groups in total. The van der Waals surface area contributed by atoms with Gasteiger partial charge in [-0.05, 0) is 24.5 Å². The molecule has 0 unspecified atom stereocenters. The summed E-state index contributed by atoms with van der Waals surface area (Å²) in [6.45, 7) is 0.229. The minimum Gasteiger partial charge on any atom is -0.326 e. The molecule has 0 bridgehead atoms. The van der Waals surface area contributed by atoms with Crippen LogP contribution < -0.4 is 5.73 Å². The van der Waals surface area contributed by atoms with Crippen LogP contribution in [0.5, 0.6) is 0 Å². The van der Waals surface area contributed by atoms with Crippen molar-refractivity contribution >= 4 is 12.4 Å². The first-order valence-corrected chi connectivity index (χ1v) is 5.74. The zero-order valence-corrected chi connectivity index (χ0v) is 10.7. The molecule has 1 aliphatic rings. The van der Waals surface area contributed by atoms with Gasteiger partial charge in [0.2, 0.25) is 5.92 Å². The maximum Gasteiger partial charge on any atom is 0.248 e. The molecule has 0 radical (unpaired) electrons. The zero-order valence-electron chi connectivity index (χ0n) is 9.83. The number of alkyl halides is 2. The molecule has 1 fully saturated rings. The summed E-state index contributed by atoms with van der Waals surface area (Å²) in [7, 11) is 0. The number of pyridine rings is 1. The standard InChI is InChI=1S/C12H15F3N2.ClH/c13-10-5-8(6-16)7-17-11(10)9-1-3-12(14,15)4-2-9;/h5,7,9H,1-4,6,16H2;1H. The predicted molar refractivity (Wildman–Crippen MR) is 65.5 cm³/mol. The van der Waals surface area contributed by atoms with Gasteiger partial charge in [0, 0.05) is 31.5 Å². The van der Waals surface area contributed by atoms with E-state index in [1.807, 2.05) is 0 Å². The Kier molecular flexibility index (Phi) is 4.99. The maximum absolute atomic E-state index is 13.7. The summed E-state index contributed by atoms with van der Waals surface area (Å²) < 4.78 is 39.7. The molecule has 1 aliphatic carbocycles. The number of nitrogens with two attached hydrogens (primary N) is 1. The van der Waals surface area contributed by atoms with Crippen molar-refractivity contribution in [1.29, 1.82) is 0 Å². The molecule has 0 atom stereocenters. The van der Waals surface area contributed by atoms with E-state index in [9.17, 15) is 13.2 Å². The highest BCUT2D eigenvalue weighted by atomic mass is 35.5. The zero-order chi connectivity index (χ0) is 12.5. The Balaban J connectivity index is 0.00000162. The number of aromatic nitrogens is 1. The van der Waals surface area contributed by atoms with Crippen LogP contribution in [0.3, 0.4) is 0 Å². The molecule has 0 aliphatic heterocycles. The Morgan fingerprint density at radius 2 is 1.94 bits per heavy atom. The summed E-state index contributed by atoms with van der Waals surface area (Å²) in [5.74, 6) is -3.21. The van der Waals surface area contributed by atoms with Gasteiger partial charge in [0.15, 0.2) is 0 Å². The van der Waals surface area contributed by atoms with Gasteiger partial charge in [-0.1, -0.05) is 0 Å². The van der Waals surface area contributed by atoms with Crippen molar-refractivity contribution in [1.82, 2.24) is 4.98 Å². The quantitative estimate of drug-likeness (QED) is 0.902. The molecular weight excluding hydrogens is 265 g/mol.